The van der Waals surface area contributed by atoms with Crippen LogP contribution in [0.5, 0.6) is 5.75 Å². The van der Waals surface area contributed by atoms with Crippen molar-refractivity contribution in [3.05, 3.63) is 29.3 Å². The van der Waals surface area contributed by atoms with Crippen molar-refractivity contribution in [1.82, 2.24) is 0 Å². The van der Waals surface area contributed by atoms with Crippen LogP contribution in [0.25, 0.3) is 0 Å². The van der Waals surface area contributed by atoms with Crippen molar-refractivity contribution in [3.8, 4) is 5.75 Å². The van der Waals surface area contributed by atoms with Crippen molar-refractivity contribution >= 4 is 0 Å². The summed E-state index contributed by atoms with van der Waals surface area (Å²) in [5.74, 6) is 1.85. The van der Waals surface area contributed by atoms with E-state index in [1.807, 2.05) is 0 Å². The molecule has 0 bridgehead atoms. The summed E-state index contributed by atoms with van der Waals surface area (Å²) in [5, 5.41) is 0. The van der Waals surface area contributed by atoms with Crippen LogP contribution < -0.4 is 10.5 Å². The van der Waals surface area contributed by atoms with E-state index in [0.29, 0.717) is 0 Å². The molecular formula is C16H25NO. The molecule has 1 unspecified atom stereocenters. The summed E-state index contributed by atoms with van der Waals surface area (Å²) in [6.07, 6.45) is 5.95. The number of hydrogen-bond acceptors (Lipinski definition) is 2. The highest BCUT2D eigenvalue weighted by Gasteiger charge is 2.19. The topological polar surface area (TPSA) is 35.2 Å². The minimum Gasteiger partial charge on any atom is -0.493 e. The van der Waals surface area contributed by atoms with E-state index < -0.39 is 0 Å². The molecule has 2 rings (SSSR count). The SMILES string of the molecule is CCC(N)Cc1cccc(C)c1OCC1CCC1. The number of para-hydroxylation sites is 1. The van der Waals surface area contributed by atoms with Crippen molar-refractivity contribution in [3.63, 3.8) is 0 Å². The first-order valence-corrected chi connectivity index (χ1v) is 7.17. The van der Waals surface area contributed by atoms with E-state index in [4.69, 9.17) is 10.5 Å². The third-order valence-electron chi connectivity index (χ3n) is 3.99. The summed E-state index contributed by atoms with van der Waals surface area (Å²) in [6, 6.07) is 6.61. The largest absolute Gasteiger partial charge is 0.493 e. The lowest BCUT2D eigenvalue weighted by Crippen LogP contribution is -2.23. The van der Waals surface area contributed by atoms with Gasteiger partial charge in [-0.2, -0.15) is 0 Å². The highest BCUT2D eigenvalue weighted by atomic mass is 16.5. The highest BCUT2D eigenvalue weighted by Crippen LogP contribution is 2.30. The molecule has 1 fully saturated rings. The third kappa shape index (κ3) is 3.26. The Morgan fingerprint density at radius 3 is 2.78 bits per heavy atom. The zero-order valence-corrected chi connectivity index (χ0v) is 11.6. The second kappa shape index (κ2) is 6.24. The van der Waals surface area contributed by atoms with Gasteiger partial charge in [-0.3, -0.25) is 0 Å². The normalized spacial score (nSPS) is 17.3. The molecule has 100 valence electrons. The number of rotatable bonds is 6. The molecule has 0 aliphatic heterocycles. The molecule has 0 saturated heterocycles. The molecule has 0 aromatic heterocycles. The number of ether oxygens (including phenoxy) is 1. The fourth-order valence-electron chi connectivity index (χ4n) is 2.37. The molecule has 1 atom stereocenters. The van der Waals surface area contributed by atoms with E-state index in [1.165, 1.54) is 30.4 Å². The quantitative estimate of drug-likeness (QED) is 0.835. The van der Waals surface area contributed by atoms with Crippen LogP contribution in [0.3, 0.4) is 0 Å². The number of hydrogen-bond donors (Lipinski definition) is 1. The lowest BCUT2D eigenvalue weighted by Gasteiger charge is -2.26. The fraction of sp³-hybridized carbons (Fsp3) is 0.625. The molecule has 2 N–H and O–H groups in total. The summed E-state index contributed by atoms with van der Waals surface area (Å²) < 4.78 is 6.06. The summed E-state index contributed by atoms with van der Waals surface area (Å²) in [7, 11) is 0. The van der Waals surface area contributed by atoms with E-state index in [9.17, 15) is 0 Å². The van der Waals surface area contributed by atoms with Crippen molar-refractivity contribution in [2.24, 2.45) is 11.7 Å². The number of aryl methyl sites for hydroxylation is 1. The predicted octanol–water partition coefficient (Wildman–Crippen LogP) is 3.45. The van der Waals surface area contributed by atoms with Gasteiger partial charge >= 0.3 is 0 Å². The van der Waals surface area contributed by atoms with Gasteiger partial charge in [0.2, 0.25) is 0 Å². The molecule has 1 saturated carbocycles. The average molecular weight is 247 g/mol. The molecule has 2 heteroatoms. The molecule has 1 aliphatic rings. The van der Waals surface area contributed by atoms with Gasteiger partial charge in [0.15, 0.2) is 0 Å². The molecular weight excluding hydrogens is 222 g/mol. The standard InChI is InChI=1S/C16H25NO/c1-3-15(17)10-14-9-4-6-12(2)16(14)18-11-13-7-5-8-13/h4,6,9,13,15H,3,5,7-8,10-11,17H2,1-2H3. The fourth-order valence-corrected chi connectivity index (χ4v) is 2.37. The number of benzene rings is 1. The predicted molar refractivity (Wildman–Crippen MR) is 76.0 cm³/mol. The summed E-state index contributed by atoms with van der Waals surface area (Å²) in [5.41, 5.74) is 8.56. The molecule has 18 heavy (non-hydrogen) atoms. The van der Waals surface area contributed by atoms with Gasteiger partial charge in [-0.25, -0.2) is 0 Å². The Hall–Kier alpha value is -1.02. The van der Waals surface area contributed by atoms with Gasteiger partial charge < -0.3 is 10.5 Å². The maximum Gasteiger partial charge on any atom is 0.125 e. The summed E-state index contributed by atoms with van der Waals surface area (Å²) in [4.78, 5) is 0. The molecule has 0 amide bonds. The van der Waals surface area contributed by atoms with Crippen molar-refractivity contribution in [2.45, 2.75) is 52.0 Å². The van der Waals surface area contributed by atoms with E-state index in [2.05, 4.69) is 32.0 Å². The Morgan fingerprint density at radius 1 is 1.39 bits per heavy atom. The minimum atomic E-state index is 0.234. The average Bonchev–Trinajstić information content (AvgIpc) is 2.30. The van der Waals surface area contributed by atoms with Gasteiger partial charge in [-0.1, -0.05) is 31.5 Å². The zero-order chi connectivity index (χ0) is 13.0. The minimum absolute atomic E-state index is 0.234. The van der Waals surface area contributed by atoms with Gasteiger partial charge in [0, 0.05) is 6.04 Å². The van der Waals surface area contributed by atoms with Crippen molar-refractivity contribution in [2.75, 3.05) is 6.61 Å². The molecule has 1 aromatic carbocycles. The van der Waals surface area contributed by atoms with Gasteiger partial charge in [-0.05, 0) is 49.7 Å². The van der Waals surface area contributed by atoms with Gasteiger partial charge in [0.25, 0.3) is 0 Å². The number of nitrogens with two attached hydrogens (primary N) is 1. The smallest absolute Gasteiger partial charge is 0.125 e. The van der Waals surface area contributed by atoms with Crippen LogP contribution in [-0.4, -0.2) is 12.6 Å². The summed E-state index contributed by atoms with van der Waals surface area (Å²) in [6.45, 7) is 5.13. The Labute approximate surface area is 111 Å². The lowest BCUT2D eigenvalue weighted by molar-refractivity contribution is 0.178. The monoisotopic (exact) mass is 247 g/mol. The molecule has 1 aromatic rings. The third-order valence-corrected chi connectivity index (χ3v) is 3.99. The molecule has 0 spiro atoms. The first kappa shape index (κ1) is 13.4. The van der Waals surface area contributed by atoms with Gasteiger partial charge in [0.05, 0.1) is 6.61 Å². The molecule has 2 nitrogen and oxygen atoms in total. The van der Waals surface area contributed by atoms with Crippen molar-refractivity contribution in [1.29, 1.82) is 0 Å². The second-order valence-electron chi connectivity index (χ2n) is 5.54. The molecule has 1 aliphatic carbocycles. The zero-order valence-electron chi connectivity index (χ0n) is 11.6. The van der Waals surface area contributed by atoms with Crippen LogP contribution in [0.4, 0.5) is 0 Å². The Kier molecular flexibility index (Phi) is 4.65. The van der Waals surface area contributed by atoms with Gasteiger partial charge in [0.1, 0.15) is 5.75 Å². The lowest BCUT2D eigenvalue weighted by atomic mass is 9.86. The van der Waals surface area contributed by atoms with Crippen LogP contribution >= 0.6 is 0 Å². The molecule has 0 radical (unpaired) electrons. The van der Waals surface area contributed by atoms with Crippen LogP contribution in [0.2, 0.25) is 0 Å². The van der Waals surface area contributed by atoms with Crippen LogP contribution in [-0.2, 0) is 6.42 Å². The Bertz CT molecular complexity index is 385. The first-order valence-electron chi connectivity index (χ1n) is 7.17. The first-order chi connectivity index (χ1) is 8.70. The van der Waals surface area contributed by atoms with E-state index >= 15 is 0 Å². The van der Waals surface area contributed by atoms with Crippen LogP contribution in [0.15, 0.2) is 18.2 Å². The van der Waals surface area contributed by atoms with Gasteiger partial charge in [-0.15, -0.1) is 0 Å². The Morgan fingerprint density at radius 2 is 2.17 bits per heavy atom. The maximum atomic E-state index is 6.06. The van der Waals surface area contributed by atoms with Crippen LogP contribution in [0.1, 0.15) is 43.7 Å². The van der Waals surface area contributed by atoms with Crippen LogP contribution in [0, 0.1) is 12.8 Å². The maximum absolute atomic E-state index is 6.06. The second-order valence-corrected chi connectivity index (χ2v) is 5.54. The summed E-state index contributed by atoms with van der Waals surface area (Å²) >= 11 is 0. The van der Waals surface area contributed by atoms with Crippen molar-refractivity contribution < 1.29 is 4.74 Å². The van der Waals surface area contributed by atoms with E-state index in [-0.39, 0.29) is 6.04 Å². The highest BCUT2D eigenvalue weighted by molar-refractivity contribution is 5.41. The van der Waals surface area contributed by atoms with E-state index in [0.717, 1.165) is 31.1 Å². The van der Waals surface area contributed by atoms with E-state index in [1.54, 1.807) is 0 Å². The Balaban J connectivity index is 2.04. The molecule has 0 heterocycles.